The van der Waals surface area contributed by atoms with Gasteiger partial charge in [-0.25, -0.2) is 4.39 Å². The average molecular weight is 658 g/mol. The summed E-state index contributed by atoms with van der Waals surface area (Å²) in [4.78, 5) is 2.38. The number of rotatable bonds is 6. The van der Waals surface area contributed by atoms with E-state index in [1.165, 1.54) is 45.5 Å². The molecular formula is C49H36FN. The number of anilines is 3. The predicted octanol–water partition coefficient (Wildman–Crippen LogP) is 13.8. The van der Waals surface area contributed by atoms with Gasteiger partial charge in [-0.1, -0.05) is 147 Å². The van der Waals surface area contributed by atoms with Crippen LogP contribution in [0, 0.1) is 5.82 Å². The van der Waals surface area contributed by atoms with E-state index in [1.807, 2.05) is 12.1 Å². The normalized spacial score (nSPS) is 12.8. The van der Waals surface area contributed by atoms with Crippen LogP contribution in [-0.4, -0.2) is 0 Å². The standard InChI is InChI=1S/C49H36FN/c1-49(2)46-20-7-6-17-44(46)45-30-29-41(32-47(45)49)51(40-16-8-15-37(31-40)33-11-4-3-5-12-33)39-27-23-35(24-28-39)43-19-10-14-36-13-9-18-42(48(36)43)34-21-25-38(50)26-22-34/h3-32H,1-2H3. The molecular weight excluding hydrogens is 622 g/mol. The summed E-state index contributed by atoms with van der Waals surface area (Å²) in [6.07, 6.45) is 0. The molecule has 8 aromatic rings. The lowest BCUT2D eigenvalue weighted by Gasteiger charge is -2.28. The van der Waals surface area contributed by atoms with Crippen LogP contribution < -0.4 is 4.90 Å². The Kier molecular flexibility index (Phi) is 7.40. The third kappa shape index (κ3) is 5.32. The van der Waals surface area contributed by atoms with Crippen molar-refractivity contribution >= 4 is 27.8 Å². The molecule has 0 aliphatic heterocycles. The van der Waals surface area contributed by atoms with Gasteiger partial charge in [-0.05, 0) is 115 Å². The maximum atomic E-state index is 13.9. The molecule has 1 aliphatic rings. The van der Waals surface area contributed by atoms with Crippen LogP contribution in [0.2, 0.25) is 0 Å². The van der Waals surface area contributed by atoms with E-state index in [0.29, 0.717) is 0 Å². The van der Waals surface area contributed by atoms with Crippen LogP contribution in [0.3, 0.4) is 0 Å². The molecule has 0 amide bonds. The third-order valence-corrected chi connectivity index (χ3v) is 10.5. The summed E-state index contributed by atoms with van der Waals surface area (Å²) in [6.45, 7) is 4.67. The van der Waals surface area contributed by atoms with Crippen LogP contribution >= 0.6 is 0 Å². The second-order valence-corrected chi connectivity index (χ2v) is 13.9. The van der Waals surface area contributed by atoms with Crippen LogP contribution in [0.4, 0.5) is 21.5 Å². The van der Waals surface area contributed by atoms with Crippen LogP contribution in [0.5, 0.6) is 0 Å². The molecule has 0 fully saturated rings. The van der Waals surface area contributed by atoms with Crippen molar-refractivity contribution in [2.75, 3.05) is 4.90 Å². The van der Waals surface area contributed by atoms with Gasteiger partial charge >= 0.3 is 0 Å². The van der Waals surface area contributed by atoms with Crippen molar-refractivity contribution in [3.8, 4) is 44.5 Å². The smallest absolute Gasteiger partial charge is 0.123 e. The van der Waals surface area contributed by atoms with Gasteiger partial charge in [0.15, 0.2) is 0 Å². The minimum atomic E-state index is -0.231. The van der Waals surface area contributed by atoms with Crippen molar-refractivity contribution in [2.45, 2.75) is 19.3 Å². The molecule has 0 aromatic heterocycles. The highest BCUT2D eigenvalue weighted by Crippen LogP contribution is 2.51. The summed E-state index contributed by atoms with van der Waals surface area (Å²) in [5, 5.41) is 2.31. The molecule has 0 saturated heterocycles. The zero-order valence-electron chi connectivity index (χ0n) is 28.6. The van der Waals surface area contributed by atoms with Crippen molar-refractivity contribution in [3.05, 3.63) is 199 Å². The quantitative estimate of drug-likeness (QED) is 0.172. The molecule has 1 nitrogen and oxygen atoms in total. The second kappa shape index (κ2) is 12.3. The molecule has 0 bridgehead atoms. The lowest BCUT2D eigenvalue weighted by Crippen LogP contribution is -2.16. The summed E-state index contributed by atoms with van der Waals surface area (Å²) in [5.41, 5.74) is 15.2. The maximum Gasteiger partial charge on any atom is 0.123 e. The monoisotopic (exact) mass is 657 g/mol. The Morgan fingerprint density at radius 1 is 0.392 bits per heavy atom. The lowest BCUT2D eigenvalue weighted by molar-refractivity contribution is 0.628. The Bertz CT molecular complexity index is 2540. The Morgan fingerprint density at radius 2 is 0.941 bits per heavy atom. The van der Waals surface area contributed by atoms with E-state index in [4.69, 9.17) is 0 Å². The van der Waals surface area contributed by atoms with E-state index in [-0.39, 0.29) is 11.2 Å². The highest BCUT2D eigenvalue weighted by Gasteiger charge is 2.35. The first-order valence-corrected chi connectivity index (χ1v) is 17.5. The molecule has 0 radical (unpaired) electrons. The average Bonchev–Trinajstić information content (AvgIpc) is 3.41. The van der Waals surface area contributed by atoms with E-state index in [2.05, 4.69) is 176 Å². The van der Waals surface area contributed by atoms with E-state index < -0.39 is 0 Å². The fourth-order valence-electron chi connectivity index (χ4n) is 7.98. The number of benzene rings is 8. The zero-order chi connectivity index (χ0) is 34.5. The molecule has 2 heteroatoms. The highest BCUT2D eigenvalue weighted by atomic mass is 19.1. The van der Waals surface area contributed by atoms with Crippen molar-refractivity contribution in [3.63, 3.8) is 0 Å². The number of halogens is 1. The topological polar surface area (TPSA) is 3.24 Å². The molecule has 8 aromatic carbocycles. The predicted molar refractivity (Wildman–Crippen MR) is 212 cm³/mol. The molecule has 0 heterocycles. The minimum absolute atomic E-state index is 0.111. The maximum absolute atomic E-state index is 13.9. The number of hydrogen-bond acceptors (Lipinski definition) is 1. The first-order valence-electron chi connectivity index (χ1n) is 17.5. The van der Waals surface area contributed by atoms with E-state index >= 15 is 0 Å². The Labute approximate surface area is 298 Å². The Hall–Kier alpha value is -6.25. The van der Waals surface area contributed by atoms with Crippen LogP contribution in [0.25, 0.3) is 55.3 Å². The van der Waals surface area contributed by atoms with Crippen molar-refractivity contribution < 1.29 is 4.39 Å². The van der Waals surface area contributed by atoms with Gasteiger partial charge in [0.1, 0.15) is 5.82 Å². The van der Waals surface area contributed by atoms with Gasteiger partial charge in [-0.15, -0.1) is 0 Å². The minimum Gasteiger partial charge on any atom is -0.310 e. The molecule has 0 unspecified atom stereocenters. The lowest BCUT2D eigenvalue weighted by atomic mass is 9.82. The van der Waals surface area contributed by atoms with Crippen molar-refractivity contribution in [1.82, 2.24) is 0 Å². The molecule has 0 N–H and O–H groups in total. The Morgan fingerprint density at radius 3 is 1.67 bits per heavy atom. The van der Waals surface area contributed by atoms with Crippen LogP contribution in [0.1, 0.15) is 25.0 Å². The van der Waals surface area contributed by atoms with Crippen molar-refractivity contribution in [1.29, 1.82) is 0 Å². The summed E-state index contributed by atoms with van der Waals surface area (Å²) in [7, 11) is 0. The Balaban J connectivity index is 1.18. The van der Waals surface area contributed by atoms with Gasteiger partial charge in [0.05, 0.1) is 0 Å². The molecule has 0 saturated carbocycles. The zero-order valence-corrected chi connectivity index (χ0v) is 28.6. The van der Waals surface area contributed by atoms with Gasteiger partial charge in [0.2, 0.25) is 0 Å². The number of fused-ring (bicyclic) bond motifs is 4. The SMILES string of the molecule is CC1(C)c2ccccc2-c2ccc(N(c3ccc(-c4cccc5cccc(-c6ccc(F)cc6)c45)cc3)c3cccc(-c4ccccc4)c3)cc21. The van der Waals surface area contributed by atoms with Gasteiger partial charge in [-0.3, -0.25) is 0 Å². The first-order chi connectivity index (χ1) is 25.0. The van der Waals surface area contributed by atoms with Crippen LogP contribution in [-0.2, 0) is 5.41 Å². The van der Waals surface area contributed by atoms with Gasteiger partial charge in [0.25, 0.3) is 0 Å². The summed E-state index contributed by atoms with van der Waals surface area (Å²) >= 11 is 0. The summed E-state index contributed by atoms with van der Waals surface area (Å²) in [6, 6.07) is 63.7. The summed E-state index contributed by atoms with van der Waals surface area (Å²) < 4.78 is 13.9. The second-order valence-electron chi connectivity index (χ2n) is 13.9. The van der Waals surface area contributed by atoms with Gasteiger partial charge < -0.3 is 4.90 Å². The fourth-order valence-corrected chi connectivity index (χ4v) is 7.98. The summed E-state index contributed by atoms with van der Waals surface area (Å²) in [5.74, 6) is -0.231. The molecule has 0 spiro atoms. The molecule has 9 rings (SSSR count). The number of nitrogens with zero attached hydrogens (tertiary/aromatic N) is 1. The largest absolute Gasteiger partial charge is 0.310 e. The van der Waals surface area contributed by atoms with E-state index in [9.17, 15) is 4.39 Å². The van der Waals surface area contributed by atoms with Gasteiger partial charge in [0, 0.05) is 22.5 Å². The molecule has 51 heavy (non-hydrogen) atoms. The first kappa shape index (κ1) is 30.8. The molecule has 0 atom stereocenters. The highest BCUT2D eigenvalue weighted by molar-refractivity contribution is 6.06. The molecule has 244 valence electrons. The van der Waals surface area contributed by atoms with E-state index in [1.54, 1.807) is 0 Å². The van der Waals surface area contributed by atoms with Gasteiger partial charge in [-0.2, -0.15) is 0 Å². The van der Waals surface area contributed by atoms with E-state index in [0.717, 1.165) is 50.1 Å². The third-order valence-electron chi connectivity index (χ3n) is 10.5. The number of hydrogen-bond donors (Lipinski definition) is 0. The molecule has 1 aliphatic carbocycles. The van der Waals surface area contributed by atoms with Crippen molar-refractivity contribution in [2.24, 2.45) is 0 Å². The van der Waals surface area contributed by atoms with Crippen LogP contribution in [0.15, 0.2) is 182 Å². The fraction of sp³-hybridized carbons (Fsp3) is 0.0612.